The summed E-state index contributed by atoms with van der Waals surface area (Å²) in [7, 11) is 0. The van der Waals surface area contributed by atoms with Gasteiger partial charge in [0.2, 0.25) is 0 Å². The van der Waals surface area contributed by atoms with Gasteiger partial charge >= 0.3 is 0 Å². The van der Waals surface area contributed by atoms with Crippen LogP contribution in [0, 0.1) is 20.8 Å². The summed E-state index contributed by atoms with van der Waals surface area (Å²) in [6.45, 7) is 6.22. The van der Waals surface area contributed by atoms with Crippen LogP contribution in [0.5, 0.6) is 0 Å². The van der Waals surface area contributed by atoms with Gasteiger partial charge in [0.25, 0.3) is 0 Å². The third-order valence-corrected chi connectivity index (χ3v) is 3.87. The Bertz CT molecular complexity index is 540. The van der Waals surface area contributed by atoms with Crippen LogP contribution in [-0.4, -0.2) is 16.7 Å². The van der Waals surface area contributed by atoms with Crippen molar-refractivity contribution in [2.24, 2.45) is 5.73 Å². The molecule has 3 nitrogen and oxygen atoms in total. The molecule has 0 aliphatic carbocycles. The van der Waals surface area contributed by atoms with Gasteiger partial charge in [-0.25, -0.2) is 4.98 Å². The van der Waals surface area contributed by atoms with E-state index in [2.05, 4.69) is 37.9 Å². The molecule has 1 heterocycles. The number of rotatable bonds is 3. The van der Waals surface area contributed by atoms with Crippen molar-refractivity contribution in [1.29, 1.82) is 0 Å². The molecule has 2 aromatic rings. The summed E-state index contributed by atoms with van der Waals surface area (Å²) < 4.78 is 0. The minimum absolute atomic E-state index is 0.0744. The van der Waals surface area contributed by atoms with Crippen LogP contribution in [-0.2, 0) is 0 Å². The van der Waals surface area contributed by atoms with Crippen molar-refractivity contribution in [2.75, 3.05) is 6.61 Å². The number of benzene rings is 1. The molecule has 1 aromatic carbocycles. The van der Waals surface area contributed by atoms with Crippen LogP contribution in [0.1, 0.15) is 28.4 Å². The van der Waals surface area contributed by atoms with Crippen molar-refractivity contribution < 1.29 is 5.11 Å². The van der Waals surface area contributed by atoms with E-state index in [0.29, 0.717) is 0 Å². The van der Waals surface area contributed by atoms with E-state index in [-0.39, 0.29) is 12.6 Å². The van der Waals surface area contributed by atoms with Gasteiger partial charge < -0.3 is 10.8 Å². The molecule has 0 aliphatic heterocycles. The Labute approximate surface area is 111 Å². The average molecular weight is 262 g/mol. The Morgan fingerprint density at radius 2 is 1.89 bits per heavy atom. The lowest BCUT2D eigenvalue weighted by Crippen LogP contribution is -2.14. The Hall–Kier alpha value is -1.23. The summed E-state index contributed by atoms with van der Waals surface area (Å²) in [6.07, 6.45) is 0. The van der Waals surface area contributed by atoms with Crippen LogP contribution in [0.4, 0.5) is 0 Å². The highest BCUT2D eigenvalue weighted by Crippen LogP contribution is 2.31. The number of hydrogen-bond donors (Lipinski definition) is 2. The van der Waals surface area contributed by atoms with Gasteiger partial charge in [-0.3, -0.25) is 0 Å². The molecule has 3 N–H and O–H groups in total. The summed E-state index contributed by atoms with van der Waals surface area (Å²) in [5.41, 5.74) is 11.4. The van der Waals surface area contributed by atoms with Crippen LogP contribution >= 0.6 is 11.3 Å². The highest BCUT2D eigenvalue weighted by atomic mass is 32.1. The molecule has 4 heteroatoms. The number of nitrogens with zero attached hydrogens (tertiary/aromatic N) is 1. The third kappa shape index (κ3) is 2.46. The van der Waals surface area contributed by atoms with Crippen LogP contribution in [0.2, 0.25) is 0 Å². The monoisotopic (exact) mass is 262 g/mol. The quantitative estimate of drug-likeness (QED) is 0.894. The number of nitrogens with two attached hydrogens (primary N) is 1. The Morgan fingerprint density at radius 1 is 1.28 bits per heavy atom. The summed E-state index contributed by atoms with van der Waals surface area (Å²) in [5, 5.41) is 12.0. The summed E-state index contributed by atoms with van der Waals surface area (Å²) >= 11 is 1.58. The fourth-order valence-electron chi connectivity index (χ4n) is 2.18. The molecule has 0 bridgehead atoms. The largest absolute Gasteiger partial charge is 0.394 e. The van der Waals surface area contributed by atoms with Crippen LogP contribution in [0.3, 0.4) is 0 Å². The first-order valence-electron chi connectivity index (χ1n) is 5.93. The lowest BCUT2D eigenvalue weighted by molar-refractivity contribution is 0.266. The van der Waals surface area contributed by atoms with Gasteiger partial charge in [-0.05, 0) is 31.9 Å². The van der Waals surface area contributed by atoms with Gasteiger partial charge in [0, 0.05) is 10.9 Å². The lowest BCUT2D eigenvalue weighted by atomic mass is 10.0. The number of aliphatic hydroxyl groups excluding tert-OH is 1. The summed E-state index contributed by atoms with van der Waals surface area (Å²) in [5.74, 6) is 0. The number of aryl methyl sites for hydroxylation is 3. The molecule has 1 aromatic heterocycles. The second-order valence-corrected chi connectivity index (χ2v) is 5.50. The first-order valence-corrected chi connectivity index (χ1v) is 6.81. The Balaban J connectivity index is 2.46. The first-order chi connectivity index (χ1) is 8.52. The molecule has 2 rings (SSSR count). The zero-order valence-corrected chi connectivity index (χ0v) is 11.7. The Kier molecular flexibility index (Phi) is 3.80. The molecule has 0 fully saturated rings. The third-order valence-electron chi connectivity index (χ3n) is 2.99. The van der Waals surface area contributed by atoms with Gasteiger partial charge in [0.1, 0.15) is 5.01 Å². The zero-order valence-electron chi connectivity index (χ0n) is 10.9. The lowest BCUT2D eigenvalue weighted by Gasteiger charge is -2.08. The SMILES string of the molecule is Cc1cc(C)c(-c2nc(C(N)CO)cs2)c(C)c1. The molecule has 0 radical (unpaired) electrons. The van der Waals surface area contributed by atoms with Gasteiger partial charge in [0.15, 0.2) is 0 Å². The molecule has 1 unspecified atom stereocenters. The molecule has 0 saturated heterocycles. The fourth-order valence-corrected chi connectivity index (χ4v) is 3.24. The minimum Gasteiger partial charge on any atom is -0.394 e. The Morgan fingerprint density at radius 3 is 2.44 bits per heavy atom. The number of aromatic nitrogens is 1. The summed E-state index contributed by atoms with van der Waals surface area (Å²) in [6, 6.07) is 3.94. The van der Waals surface area contributed by atoms with E-state index in [0.717, 1.165) is 10.7 Å². The highest BCUT2D eigenvalue weighted by Gasteiger charge is 2.14. The van der Waals surface area contributed by atoms with Crippen molar-refractivity contribution in [3.8, 4) is 10.6 Å². The van der Waals surface area contributed by atoms with E-state index in [1.165, 1.54) is 22.3 Å². The predicted octanol–water partition coefficient (Wildman–Crippen LogP) is 2.73. The molecule has 0 saturated carbocycles. The van der Waals surface area contributed by atoms with Gasteiger partial charge in [0.05, 0.1) is 18.3 Å². The maximum absolute atomic E-state index is 9.05. The van der Waals surface area contributed by atoms with E-state index in [9.17, 15) is 0 Å². The maximum atomic E-state index is 9.05. The second-order valence-electron chi connectivity index (χ2n) is 4.64. The zero-order chi connectivity index (χ0) is 13.3. The minimum atomic E-state index is -0.388. The van der Waals surface area contributed by atoms with Crippen molar-refractivity contribution >= 4 is 11.3 Å². The molecular weight excluding hydrogens is 244 g/mol. The molecule has 18 heavy (non-hydrogen) atoms. The van der Waals surface area contributed by atoms with Gasteiger partial charge in [-0.2, -0.15) is 0 Å². The topological polar surface area (TPSA) is 59.1 Å². The van der Waals surface area contributed by atoms with Crippen LogP contribution in [0.25, 0.3) is 10.6 Å². The van der Waals surface area contributed by atoms with E-state index < -0.39 is 0 Å². The molecule has 96 valence electrons. The maximum Gasteiger partial charge on any atom is 0.124 e. The molecule has 0 aliphatic rings. The number of thiazole rings is 1. The molecule has 0 amide bonds. The second kappa shape index (κ2) is 5.18. The number of hydrogen-bond acceptors (Lipinski definition) is 4. The molecular formula is C14H18N2OS. The predicted molar refractivity (Wildman–Crippen MR) is 75.8 cm³/mol. The smallest absolute Gasteiger partial charge is 0.124 e. The van der Waals surface area contributed by atoms with E-state index in [1.807, 2.05) is 5.38 Å². The van der Waals surface area contributed by atoms with E-state index >= 15 is 0 Å². The first kappa shape index (κ1) is 13.2. The molecule has 1 atom stereocenters. The van der Waals surface area contributed by atoms with Crippen LogP contribution < -0.4 is 5.73 Å². The average Bonchev–Trinajstić information content (AvgIpc) is 2.76. The van der Waals surface area contributed by atoms with Crippen LogP contribution in [0.15, 0.2) is 17.5 Å². The molecule has 0 spiro atoms. The van der Waals surface area contributed by atoms with Crippen molar-refractivity contribution in [2.45, 2.75) is 26.8 Å². The van der Waals surface area contributed by atoms with E-state index in [1.54, 1.807) is 11.3 Å². The fraction of sp³-hybridized carbons (Fsp3) is 0.357. The summed E-state index contributed by atoms with van der Waals surface area (Å²) in [4.78, 5) is 4.54. The van der Waals surface area contributed by atoms with Gasteiger partial charge in [-0.1, -0.05) is 17.7 Å². The highest BCUT2D eigenvalue weighted by molar-refractivity contribution is 7.13. The van der Waals surface area contributed by atoms with Gasteiger partial charge in [-0.15, -0.1) is 11.3 Å². The van der Waals surface area contributed by atoms with Crippen molar-refractivity contribution in [3.05, 3.63) is 39.9 Å². The standard InChI is InChI=1S/C14H18N2OS/c1-8-4-9(2)13(10(3)5-8)14-16-12(7-18-14)11(15)6-17/h4-5,7,11,17H,6,15H2,1-3H3. The number of aliphatic hydroxyl groups is 1. The van der Waals surface area contributed by atoms with E-state index in [4.69, 9.17) is 10.8 Å². The van der Waals surface area contributed by atoms with Crippen molar-refractivity contribution in [1.82, 2.24) is 4.98 Å². The van der Waals surface area contributed by atoms with Crippen molar-refractivity contribution in [3.63, 3.8) is 0 Å². The normalized spacial score (nSPS) is 12.7.